The lowest BCUT2D eigenvalue weighted by molar-refractivity contribution is -0.127. The van der Waals surface area contributed by atoms with Crippen molar-refractivity contribution in [2.24, 2.45) is 17.3 Å². The molecule has 0 radical (unpaired) electrons. The highest BCUT2D eigenvalue weighted by atomic mass is 16.3. The quantitative estimate of drug-likeness (QED) is 0.764. The Hall–Kier alpha value is -0.370. The van der Waals surface area contributed by atoms with Crippen molar-refractivity contribution in [2.45, 2.75) is 59.5 Å². The molecule has 0 aliphatic heterocycles. The monoisotopic (exact) mass is 212 g/mol. The summed E-state index contributed by atoms with van der Waals surface area (Å²) in [5.74, 6) is 1.08. The molecule has 3 unspecified atom stereocenters. The number of hydrogen-bond acceptors (Lipinski definition) is 2. The summed E-state index contributed by atoms with van der Waals surface area (Å²) in [4.78, 5) is 11.7. The van der Waals surface area contributed by atoms with Crippen molar-refractivity contribution in [3.05, 3.63) is 0 Å². The van der Waals surface area contributed by atoms with Gasteiger partial charge in [-0.25, -0.2) is 0 Å². The number of carbonyl (C=O) groups excluding carboxylic acids is 1. The predicted octanol–water partition coefficient (Wildman–Crippen LogP) is 2.79. The van der Waals surface area contributed by atoms with Crippen molar-refractivity contribution < 1.29 is 9.90 Å². The Morgan fingerprint density at radius 2 is 2.07 bits per heavy atom. The van der Waals surface area contributed by atoms with Crippen molar-refractivity contribution >= 4 is 5.78 Å². The van der Waals surface area contributed by atoms with Gasteiger partial charge in [0.05, 0.1) is 6.10 Å². The van der Waals surface area contributed by atoms with Gasteiger partial charge >= 0.3 is 0 Å². The maximum atomic E-state index is 11.7. The lowest BCUT2D eigenvalue weighted by atomic mass is 9.68. The van der Waals surface area contributed by atoms with E-state index < -0.39 is 0 Å². The van der Waals surface area contributed by atoms with E-state index >= 15 is 0 Å². The summed E-state index contributed by atoms with van der Waals surface area (Å²) in [5.41, 5.74) is 0.289. The number of Topliss-reactive ketones (excluding diaryl/α,β-unsaturated/α-hetero) is 1. The van der Waals surface area contributed by atoms with Crippen LogP contribution < -0.4 is 0 Å². The van der Waals surface area contributed by atoms with E-state index in [1.54, 1.807) is 6.92 Å². The molecule has 2 heteroatoms. The van der Waals surface area contributed by atoms with Gasteiger partial charge in [0.2, 0.25) is 0 Å². The summed E-state index contributed by atoms with van der Waals surface area (Å²) in [6, 6.07) is 0. The molecule has 1 fully saturated rings. The maximum Gasteiger partial charge on any atom is 0.136 e. The Bertz CT molecular complexity index is 225. The van der Waals surface area contributed by atoms with E-state index in [1.165, 1.54) is 0 Å². The molecular formula is C13H24O2. The highest BCUT2D eigenvalue weighted by molar-refractivity contribution is 5.81. The molecule has 0 bridgehead atoms. The van der Waals surface area contributed by atoms with Crippen LogP contribution in [0.2, 0.25) is 0 Å². The second kappa shape index (κ2) is 4.65. The molecule has 0 saturated heterocycles. The Morgan fingerprint density at radius 1 is 1.47 bits per heavy atom. The molecule has 1 aliphatic rings. The molecule has 0 aromatic carbocycles. The standard InChI is InChI=1S/C13H24O2/c1-9(14)7-10-8-11(13(2,3)4)5-6-12(10)15/h9-11,14H,5-8H2,1-4H3. The second-order valence-electron chi connectivity index (χ2n) is 6.09. The fraction of sp³-hybridized carbons (Fsp3) is 0.923. The molecule has 88 valence electrons. The minimum Gasteiger partial charge on any atom is -0.393 e. The summed E-state index contributed by atoms with van der Waals surface area (Å²) in [6.45, 7) is 8.50. The fourth-order valence-electron chi connectivity index (χ4n) is 2.54. The molecule has 0 heterocycles. The minimum absolute atomic E-state index is 0.1000. The summed E-state index contributed by atoms with van der Waals surface area (Å²) < 4.78 is 0. The molecule has 1 saturated carbocycles. The highest BCUT2D eigenvalue weighted by Crippen LogP contribution is 2.40. The number of aliphatic hydroxyl groups excluding tert-OH is 1. The lowest BCUT2D eigenvalue weighted by Crippen LogP contribution is -2.33. The Morgan fingerprint density at radius 3 is 2.53 bits per heavy atom. The Balaban J connectivity index is 2.60. The first-order valence-corrected chi connectivity index (χ1v) is 6.01. The van der Waals surface area contributed by atoms with Crippen LogP contribution in [-0.2, 0) is 4.79 Å². The van der Waals surface area contributed by atoms with Crippen molar-refractivity contribution in [3.63, 3.8) is 0 Å². The van der Waals surface area contributed by atoms with Crippen molar-refractivity contribution in [3.8, 4) is 0 Å². The lowest BCUT2D eigenvalue weighted by Gasteiger charge is -2.37. The third-order valence-corrected chi connectivity index (χ3v) is 3.61. The summed E-state index contributed by atoms with van der Waals surface area (Å²) >= 11 is 0. The molecule has 0 aromatic rings. The van der Waals surface area contributed by atoms with Gasteiger partial charge < -0.3 is 5.11 Å². The van der Waals surface area contributed by atoms with Gasteiger partial charge in [0.15, 0.2) is 0 Å². The van der Waals surface area contributed by atoms with E-state index in [1.807, 2.05) is 0 Å². The number of aliphatic hydroxyl groups is 1. The van der Waals surface area contributed by atoms with Crippen molar-refractivity contribution in [1.29, 1.82) is 0 Å². The average Bonchev–Trinajstić information content (AvgIpc) is 2.06. The summed E-state index contributed by atoms with van der Waals surface area (Å²) in [5, 5.41) is 9.36. The van der Waals surface area contributed by atoms with Gasteiger partial charge in [-0.3, -0.25) is 4.79 Å². The molecule has 0 aromatic heterocycles. The number of carbonyl (C=O) groups is 1. The topological polar surface area (TPSA) is 37.3 Å². The van der Waals surface area contributed by atoms with Crippen molar-refractivity contribution in [2.75, 3.05) is 0 Å². The smallest absolute Gasteiger partial charge is 0.136 e. The molecule has 0 spiro atoms. The first-order valence-electron chi connectivity index (χ1n) is 6.01. The van der Waals surface area contributed by atoms with Gasteiger partial charge in [0, 0.05) is 12.3 Å². The van der Waals surface area contributed by atoms with Crippen LogP contribution in [-0.4, -0.2) is 17.0 Å². The van der Waals surface area contributed by atoms with E-state index in [0.717, 1.165) is 12.8 Å². The molecule has 3 atom stereocenters. The molecule has 0 amide bonds. The van der Waals surface area contributed by atoms with Crippen LogP contribution in [0.4, 0.5) is 0 Å². The molecule has 15 heavy (non-hydrogen) atoms. The number of hydrogen-bond donors (Lipinski definition) is 1. The van der Waals surface area contributed by atoms with Gasteiger partial charge in [-0.1, -0.05) is 20.8 Å². The third-order valence-electron chi connectivity index (χ3n) is 3.61. The molecular weight excluding hydrogens is 188 g/mol. The van der Waals surface area contributed by atoms with Crippen LogP contribution in [0.1, 0.15) is 53.4 Å². The van der Waals surface area contributed by atoms with E-state index in [2.05, 4.69) is 20.8 Å². The first-order chi connectivity index (χ1) is 6.80. The van der Waals surface area contributed by atoms with Crippen LogP contribution in [0.5, 0.6) is 0 Å². The van der Waals surface area contributed by atoms with E-state index in [4.69, 9.17) is 0 Å². The molecule has 1 aliphatic carbocycles. The van der Waals surface area contributed by atoms with Gasteiger partial charge in [0.1, 0.15) is 5.78 Å². The van der Waals surface area contributed by atoms with Crippen LogP contribution >= 0.6 is 0 Å². The zero-order valence-corrected chi connectivity index (χ0v) is 10.4. The second-order valence-corrected chi connectivity index (χ2v) is 6.09. The average molecular weight is 212 g/mol. The SMILES string of the molecule is CC(O)CC1CC(C(C)(C)C)CCC1=O. The minimum atomic E-state index is -0.349. The fourth-order valence-corrected chi connectivity index (χ4v) is 2.54. The van der Waals surface area contributed by atoms with Crippen LogP contribution in [0.15, 0.2) is 0 Å². The van der Waals surface area contributed by atoms with Gasteiger partial charge in [0.25, 0.3) is 0 Å². The van der Waals surface area contributed by atoms with E-state index in [9.17, 15) is 9.90 Å². The zero-order chi connectivity index (χ0) is 11.6. The van der Waals surface area contributed by atoms with E-state index in [-0.39, 0.29) is 17.4 Å². The Kier molecular flexibility index (Phi) is 3.93. The number of rotatable bonds is 2. The largest absolute Gasteiger partial charge is 0.393 e. The van der Waals surface area contributed by atoms with Crippen LogP contribution in [0, 0.1) is 17.3 Å². The predicted molar refractivity (Wildman–Crippen MR) is 61.6 cm³/mol. The molecule has 2 nitrogen and oxygen atoms in total. The third kappa shape index (κ3) is 3.60. The van der Waals surface area contributed by atoms with Crippen LogP contribution in [0.3, 0.4) is 0 Å². The number of ketones is 1. The first kappa shape index (κ1) is 12.7. The Labute approximate surface area is 93.1 Å². The molecule has 1 rings (SSSR count). The highest BCUT2D eigenvalue weighted by Gasteiger charge is 2.35. The zero-order valence-electron chi connectivity index (χ0n) is 10.4. The summed E-state index contributed by atoms with van der Waals surface area (Å²) in [7, 11) is 0. The van der Waals surface area contributed by atoms with E-state index in [0.29, 0.717) is 24.5 Å². The normalized spacial score (nSPS) is 30.3. The van der Waals surface area contributed by atoms with Gasteiger partial charge in [-0.15, -0.1) is 0 Å². The van der Waals surface area contributed by atoms with Crippen LogP contribution in [0.25, 0.3) is 0 Å². The van der Waals surface area contributed by atoms with Gasteiger partial charge in [-0.05, 0) is 37.5 Å². The maximum absolute atomic E-state index is 11.7. The van der Waals surface area contributed by atoms with Crippen molar-refractivity contribution in [1.82, 2.24) is 0 Å². The molecule has 1 N–H and O–H groups in total. The summed E-state index contributed by atoms with van der Waals surface area (Å²) in [6.07, 6.45) is 2.99. The van der Waals surface area contributed by atoms with Gasteiger partial charge in [-0.2, -0.15) is 0 Å².